The summed E-state index contributed by atoms with van der Waals surface area (Å²) in [6.45, 7) is 5.26. The Morgan fingerprint density at radius 3 is 2.45 bits per heavy atom. The third kappa shape index (κ3) is 11.7. The highest BCUT2D eigenvalue weighted by Crippen LogP contribution is 2.33. The first-order valence-electron chi connectivity index (χ1n) is 18.6. The number of aliphatic carboxylic acids is 1. The van der Waals surface area contributed by atoms with Crippen LogP contribution in [0.5, 0.6) is 5.75 Å². The number of carbonyl (C=O) groups is 8. The molecule has 316 valence electrons. The average Bonchev–Trinajstić information content (AvgIpc) is 3.76. The van der Waals surface area contributed by atoms with Crippen LogP contribution in [0.1, 0.15) is 38.7 Å². The van der Waals surface area contributed by atoms with Gasteiger partial charge in [-0.25, -0.2) is 4.79 Å². The van der Waals surface area contributed by atoms with E-state index in [1.807, 2.05) is 0 Å². The lowest BCUT2D eigenvalue weighted by atomic mass is 9.98. The van der Waals surface area contributed by atoms with Gasteiger partial charge in [0.1, 0.15) is 36.5 Å². The molecule has 1 fully saturated rings. The summed E-state index contributed by atoms with van der Waals surface area (Å²) in [6, 6.07) is -1.71. The van der Waals surface area contributed by atoms with Crippen LogP contribution in [0.2, 0.25) is 0 Å². The highest BCUT2D eigenvalue weighted by atomic mass is 32.2. The molecule has 2 aliphatic rings. The van der Waals surface area contributed by atoms with Gasteiger partial charge in [-0.05, 0) is 30.0 Å². The Morgan fingerprint density at radius 1 is 1.10 bits per heavy atom. The van der Waals surface area contributed by atoms with Gasteiger partial charge >= 0.3 is 11.9 Å². The lowest BCUT2D eigenvalue weighted by Gasteiger charge is -2.28. The number of methoxy groups -OCH3 is 1. The fourth-order valence-electron chi connectivity index (χ4n) is 6.41. The number of aromatic nitrogens is 1. The minimum atomic E-state index is -1.70. The number of nitrogens with two attached hydrogens (primary N) is 1. The van der Waals surface area contributed by atoms with Crippen LogP contribution in [0.25, 0.3) is 10.9 Å². The third-order valence-corrected chi connectivity index (χ3v) is 10.9. The smallest absolute Gasteiger partial charge is 0.326 e. The molecule has 20 nitrogen and oxygen atoms in total. The van der Waals surface area contributed by atoms with E-state index in [2.05, 4.69) is 38.1 Å². The minimum absolute atomic E-state index is 0.0426. The maximum Gasteiger partial charge on any atom is 0.326 e. The van der Waals surface area contributed by atoms with E-state index in [0.29, 0.717) is 33.7 Å². The number of aliphatic hydroxyl groups is 1. The zero-order chi connectivity index (χ0) is 42.7. The van der Waals surface area contributed by atoms with Crippen molar-refractivity contribution in [3.8, 4) is 5.75 Å². The second-order valence-corrected chi connectivity index (χ2v) is 15.0. The molecule has 0 bridgehead atoms. The predicted octanol–water partition coefficient (Wildman–Crippen LogP) is -1.95. The summed E-state index contributed by atoms with van der Waals surface area (Å²) in [5.41, 5.74) is 7.49. The number of nitrogens with one attached hydrogen (secondary N) is 6. The predicted molar refractivity (Wildman–Crippen MR) is 208 cm³/mol. The van der Waals surface area contributed by atoms with Crippen molar-refractivity contribution >= 4 is 70.0 Å². The number of hydrogen-bond donors (Lipinski definition) is 9. The highest BCUT2D eigenvalue weighted by Gasteiger charge is 2.43. The molecule has 0 radical (unpaired) electrons. The topological polar surface area (TPSA) is 301 Å². The summed E-state index contributed by atoms with van der Waals surface area (Å²) in [5.74, 6) is -7.27. The number of esters is 1. The third-order valence-electron chi connectivity index (χ3n) is 9.73. The SMILES string of the molecule is C=CCOC(=O)C[C@@H](NC(=O)[C@H]1CSc2[nH]c3cc(OC)ccc3c2C[C@@H](N)C(=O)NCC(=O)N[C@@H]([C@@H](C)CC)C(=O)NCC(=O)N1)C(=O)N1C[C@H](O)C[C@H]1C(=O)O. The van der Waals surface area contributed by atoms with Crippen LogP contribution in [-0.4, -0.2) is 143 Å². The van der Waals surface area contributed by atoms with Crippen molar-refractivity contribution in [2.75, 3.05) is 39.1 Å². The van der Waals surface area contributed by atoms with Gasteiger partial charge in [-0.1, -0.05) is 32.9 Å². The molecule has 2 aliphatic heterocycles. The molecule has 58 heavy (non-hydrogen) atoms. The highest BCUT2D eigenvalue weighted by molar-refractivity contribution is 7.99. The summed E-state index contributed by atoms with van der Waals surface area (Å²) in [6.07, 6.45) is -0.498. The standard InChI is InChI=1S/C37H50N8O12S/c1-5-9-57-30(49)13-25(36(53)45-16-19(46)10-27(45)37(54)55)42-33(51)26-17-58-35-22(21-8-7-20(56-4)11-24(21)43-35)12-23(38)32(50)39-15-29(48)44-31(18(3)6-2)34(52)40-14-28(47)41-26/h5,7-8,11,18-19,23,25-27,31,43,46H,1,6,9-10,12-17,38H2,2-4H3,(H,39,50)(H,40,52)(H,41,47)(H,42,51)(H,44,48)(H,54,55)/t18-,19+,23+,25+,26+,27-,31-/m0/s1. The summed E-state index contributed by atoms with van der Waals surface area (Å²) in [7, 11) is 1.48. The first-order chi connectivity index (χ1) is 27.6. The van der Waals surface area contributed by atoms with Crippen molar-refractivity contribution in [2.45, 2.75) is 80.9 Å². The Bertz CT molecular complexity index is 1910. The first-order valence-corrected chi connectivity index (χ1v) is 19.5. The molecule has 21 heteroatoms. The molecule has 1 saturated heterocycles. The number of nitrogens with zero attached hydrogens (tertiary/aromatic N) is 1. The Labute approximate surface area is 337 Å². The Morgan fingerprint density at radius 2 is 1.79 bits per heavy atom. The van der Waals surface area contributed by atoms with Crippen molar-refractivity contribution in [1.82, 2.24) is 36.5 Å². The number of carbonyl (C=O) groups excluding carboxylic acids is 7. The van der Waals surface area contributed by atoms with E-state index in [4.69, 9.17) is 15.2 Å². The number of ether oxygens (including phenoxy) is 2. The number of carboxylic acid groups (broad SMARTS) is 1. The number of hydrogen-bond acceptors (Lipinski definition) is 13. The quantitative estimate of drug-likeness (QED) is 0.0879. The molecule has 1 aromatic heterocycles. The van der Waals surface area contributed by atoms with Crippen molar-refractivity contribution in [1.29, 1.82) is 0 Å². The van der Waals surface area contributed by atoms with Crippen molar-refractivity contribution in [3.05, 3.63) is 36.4 Å². The van der Waals surface area contributed by atoms with E-state index in [-0.39, 0.29) is 31.7 Å². The summed E-state index contributed by atoms with van der Waals surface area (Å²) < 4.78 is 10.4. The molecule has 0 spiro atoms. The van der Waals surface area contributed by atoms with E-state index in [0.717, 1.165) is 16.7 Å². The molecule has 0 unspecified atom stereocenters. The van der Waals surface area contributed by atoms with Gasteiger partial charge in [-0.2, -0.15) is 0 Å². The molecular weight excluding hydrogens is 781 g/mol. The van der Waals surface area contributed by atoms with E-state index < -0.39 is 109 Å². The van der Waals surface area contributed by atoms with Gasteiger partial charge in [0.25, 0.3) is 0 Å². The van der Waals surface area contributed by atoms with Crippen LogP contribution in [-0.2, 0) is 49.5 Å². The zero-order valence-corrected chi connectivity index (χ0v) is 33.1. The molecule has 7 atom stereocenters. The number of rotatable bonds is 11. The number of fused-ring (bicyclic) bond motifs is 3. The van der Waals surface area contributed by atoms with Gasteiger partial charge in [0.05, 0.1) is 49.3 Å². The van der Waals surface area contributed by atoms with Crippen molar-refractivity contribution in [2.24, 2.45) is 11.7 Å². The van der Waals surface area contributed by atoms with Crippen LogP contribution in [0.3, 0.4) is 0 Å². The van der Waals surface area contributed by atoms with Crippen LogP contribution >= 0.6 is 11.8 Å². The molecule has 2 aromatic rings. The minimum Gasteiger partial charge on any atom is -0.497 e. The largest absolute Gasteiger partial charge is 0.497 e. The molecule has 6 amide bonds. The van der Waals surface area contributed by atoms with Crippen LogP contribution in [0.15, 0.2) is 35.9 Å². The Balaban J connectivity index is 1.72. The fourth-order valence-corrected chi connectivity index (χ4v) is 7.53. The van der Waals surface area contributed by atoms with Gasteiger partial charge < -0.3 is 61.9 Å². The Kier molecular flexibility index (Phi) is 16.0. The maximum atomic E-state index is 14.1. The van der Waals surface area contributed by atoms with Crippen LogP contribution in [0, 0.1) is 5.92 Å². The zero-order valence-electron chi connectivity index (χ0n) is 32.3. The number of aliphatic hydroxyl groups excluding tert-OH is 1. The molecule has 4 rings (SSSR count). The summed E-state index contributed by atoms with van der Waals surface area (Å²) >= 11 is 1.05. The van der Waals surface area contributed by atoms with E-state index in [9.17, 15) is 48.6 Å². The molecule has 0 saturated carbocycles. The second-order valence-electron chi connectivity index (χ2n) is 13.9. The summed E-state index contributed by atoms with van der Waals surface area (Å²) in [4.78, 5) is 109. The monoisotopic (exact) mass is 830 g/mol. The fraction of sp³-hybridized carbons (Fsp3) is 0.514. The molecule has 0 aliphatic carbocycles. The van der Waals surface area contributed by atoms with Gasteiger partial charge in [-0.15, -0.1) is 11.8 Å². The number of amides is 6. The van der Waals surface area contributed by atoms with E-state index in [1.54, 1.807) is 32.0 Å². The normalized spacial score (nSPS) is 23.4. The van der Waals surface area contributed by atoms with Crippen LogP contribution in [0.4, 0.5) is 0 Å². The summed E-state index contributed by atoms with van der Waals surface area (Å²) in [5, 5.41) is 33.6. The van der Waals surface area contributed by atoms with E-state index >= 15 is 0 Å². The molecular formula is C37H50N8O12S. The number of thioether (sulfide) groups is 1. The van der Waals surface area contributed by atoms with Gasteiger partial charge in [0.2, 0.25) is 35.4 Å². The number of aromatic amines is 1. The molecule has 10 N–H and O–H groups in total. The van der Waals surface area contributed by atoms with Gasteiger partial charge in [0.15, 0.2) is 0 Å². The second kappa shape index (κ2) is 20.7. The van der Waals surface area contributed by atoms with Crippen molar-refractivity contribution in [3.63, 3.8) is 0 Å². The molecule has 3 heterocycles. The average molecular weight is 831 g/mol. The number of β-amino-alcohol motifs (C(OH)–C–C–N with tert-alkyl or cyclic N) is 1. The molecule has 1 aromatic carbocycles. The van der Waals surface area contributed by atoms with Gasteiger partial charge in [0, 0.05) is 30.2 Å². The van der Waals surface area contributed by atoms with E-state index in [1.165, 1.54) is 13.2 Å². The number of benzene rings is 1. The first kappa shape index (κ1) is 45.0. The lowest BCUT2D eigenvalue weighted by Crippen LogP contribution is -2.58. The lowest BCUT2D eigenvalue weighted by molar-refractivity contribution is -0.151. The van der Waals surface area contributed by atoms with Gasteiger partial charge in [-0.3, -0.25) is 33.6 Å². The number of H-pyrrole nitrogens is 1. The Hall–Kier alpha value is -5.67. The number of carboxylic acids is 1. The van der Waals surface area contributed by atoms with Crippen molar-refractivity contribution < 1.29 is 58.0 Å². The van der Waals surface area contributed by atoms with Crippen LogP contribution < -0.4 is 37.1 Å². The number of likely N-dealkylation sites (tertiary alicyclic amines) is 1. The maximum absolute atomic E-state index is 14.1.